The highest BCUT2D eigenvalue weighted by atomic mass is 32.1. The number of thiophene rings is 1. The van der Waals surface area contributed by atoms with Gasteiger partial charge >= 0.3 is 0 Å². The van der Waals surface area contributed by atoms with E-state index in [4.69, 9.17) is 11.0 Å². The van der Waals surface area contributed by atoms with Crippen molar-refractivity contribution in [2.75, 3.05) is 11.9 Å². The van der Waals surface area contributed by atoms with Gasteiger partial charge in [0.25, 0.3) is 0 Å². The number of aryl methyl sites for hydroxylation is 1. The van der Waals surface area contributed by atoms with E-state index < -0.39 is 5.41 Å². The van der Waals surface area contributed by atoms with Crippen LogP contribution in [0.5, 0.6) is 0 Å². The number of nitrogens with zero attached hydrogens (tertiary/aromatic N) is 1. The molecule has 1 heterocycles. The van der Waals surface area contributed by atoms with Crippen LogP contribution in [-0.2, 0) is 4.79 Å². The first-order valence-corrected chi connectivity index (χ1v) is 6.72. The number of nitrogens with one attached hydrogen (secondary N) is 1. The van der Waals surface area contributed by atoms with Crippen molar-refractivity contribution in [2.24, 2.45) is 11.1 Å². The molecule has 5 heteroatoms. The van der Waals surface area contributed by atoms with Crippen molar-refractivity contribution in [3.8, 4) is 6.07 Å². The Morgan fingerprint density at radius 1 is 1.56 bits per heavy atom. The van der Waals surface area contributed by atoms with Crippen LogP contribution in [0.4, 0.5) is 5.00 Å². The molecule has 1 unspecified atom stereocenters. The Bertz CT molecular complexity index is 495. The van der Waals surface area contributed by atoms with E-state index in [0.717, 1.165) is 10.4 Å². The summed E-state index contributed by atoms with van der Waals surface area (Å²) < 4.78 is 0. The van der Waals surface area contributed by atoms with E-state index in [1.165, 1.54) is 11.3 Å². The number of rotatable bonds is 4. The molecule has 0 spiro atoms. The summed E-state index contributed by atoms with van der Waals surface area (Å²) in [4.78, 5) is 13.2. The van der Waals surface area contributed by atoms with Crippen molar-refractivity contribution in [2.45, 2.75) is 34.1 Å². The van der Waals surface area contributed by atoms with Crippen LogP contribution in [0.15, 0.2) is 0 Å². The molecule has 1 aromatic rings. The summed E-state index contributed by atoms with van der Waals surface area (Å²) in [5, 5.41) is 12.6. The van der Waals surface area contributed by atoms with Gasteiger partial charge in [-0.15, -0.1) is 11.3 Å². The minimum Gasteiger partial charge on any atom is -0.329 e. The summed E-state index contributed by atoms with van der Waals surface area (Å²) in [5.41, 5.74) is 6.56. The molecule has 0 fully saturated rings. The summed E-state index contributed by atoms with van der Waals surface area (Å²) in [6.07, 6.45) is 0.667. The van der Waals surface area contributed by atoms with Gasteiger partial charge in [0.1, 0.15) is 11.1 Å². The molecular weight excluding hydrogens is 246 g/mol. The zero-order valence-corrected chi connectivity index (χ0v) is 12.1. The fourth-order valence-electron chi connectivity index (χ4n) is 1.50. The molecule has 1 aromatic heterocycles. The average Bonchev–Trinajstić information content (AvgIpc) is 2.63. The fourth-order valence-corrected chi connectivity index (χ4v) is 2.51. The zero-order valence-electron chi connectivity index (χ0n) is 11.3. The molecule has 0 radical (unpaired) electrons. The molecule has 0 aliphatic heterocycles. The van der Waals surface area contributed by atoms with Crippen molar-refractivity contribution in [3.05, 3.63) is 16.0 Å². The Hall–Kier alpha value is -1.38. The van der Waals surface area contributed by atoms with Crippen LogP contribution in [-0.4, -0.2) is 12.5 Å². The van der Waals surface area contributed by atoms with Crippen LogP contribution in [0.1, 0.15) is 36.3 Å². The average molecular weight is 265 g/mol. The summed E-state index contributed by atoms with van der Waals surface area (Å²) >= 11 is 1.44. The molecule has 0 saturated carbocycles. The van der Waals surface area contributed by atoms with Crippen LogP contribution < -0.4 is 11.1 Å². The minimum atomic E-state index is -0.585. The largest absolute Gasteiger partial charge is 0.329 e. The number of anilines is 1. The second-order valence-electron chi connectivity index (χ2n) is 4.67. The molecule has 1 amide bonds. The Morgan fingerprint density at radius 2 is 2.17 bits per heavy atom. The van der Waals surface area contributed by atoms with Gasteiger partial charge in [0.2, 0.25) is 5.91 Å². The second kappa shape index (κ2) is 5.51. The molecule has 0 aliphatic rings. The highest BCUT2D eigenvalue weighted by molar-refractivity contribution is 7.16. The third-order valence-corrected chi connectivity index (χ3v) is 4.63. The quantitative estimate of drug-likeness (QED) is 0.878. The third-order valence-electron chi connectivity index (χ3n) is 3.50. The van der Waals surface area contributed by atoms with Crippen LogP contribution in [0.2, 0.25) is 0 Å². The monoisotopic (exact) mass is 265 g/mol. The lowest BCUT2D eigenvalue weighted by atomic mass is 9.87. The third kappa shape index (κ3) is 2.55. The standard InChI is InChI=1S/C13H19N3OS/c1-5-13(4,7-15)12(17)16-11-10(6-14)8(2)9(3)18-11/h5,7,15H2,1-4H3,(H,16,17). The van der Waals surface area contributed by atoms with E-state index in [9.17, 15) is 4.79 Å². The van der Waals surface area contributed by atoms with Crippen LogP contribution >= 0.6 is 11.3 Å². The first-order chi connectivity index (χ1) is 8.39. The van der Waals surface area contributed by atoms with Crippen molar-refractivity contribution < 1.29 is 4.79 Å². The molecule has 18 heavy (non-hydrogen) atoms. The molecule has 0 aliphatic carbocycles. The fraction of sp³-hybridized carbons (Fsp3) is 0.538. The van der Waals surface area contributed by atoms with Gasteiger partial charge in [0.05, 0.1) is 11.0 Å². The molecule has 0 saturated heterocycles. The van der Waals surface area contributed by atoms with Crippen molar-refractivity contribution in [3.63, 3.8) is 0 Å². The number of carbonyl (C=O) groups is 1. The van der Waals surface area contributed by atoms with Crippen LogP contribution in [0.3, 0.4) is 0 Å². The molecule has 98 valence electrons. The van der Waals surface area contributed by atoms with Gasteiger partial charge in [0.15, 0.2) is 0 Å². The van der Waals surface area contributed by atoms with Crippen LogP contribution in [0.25, 0.3) is 0 Å². The lowest BCUT2D eigenvalue weighted by Gasteiger charge is -2.24. The molecule has 0 bridgehead atoms. The predicted molar refractivity (Wildman–Crippen MR) is 74.6 cm³/mol. The number of hydrogen-bond acceptors (Lipinski definition) is 4. The summed E-state index contributed by atoms with van der Waals surface area (Å²) in [7, 11) is 0. The summed E-state index contributed by atoms with van der Waals surface area (Å²) in [6, 6.07) is 2.14. The molecule has 0 aromatic carbocycles. The van der Waals surface area contributed by atoms with E-state index >= 15 is 0 Å². The maximum atomic E-state index is 12.2. The highest BCUT2D eigenvalue weighted by Crippen LogP contribution is 2.33. The Labute approximate surface area is 112 Å². The maximum Gasteiger partial charge on any atom is 0.232 e. The second-order valence-corrected chi connectivity index (χ2v) is 5.90. The van der Waals surface area contributed by atoms with E-state index in [1.807, 2.05) is 27.7 Å². The number of amides is 1. The smallest absolute Gasteiger partial charge is 0.232 e. The Morgan fingerprint density at radius 3 is 2.61 bits per heavy atom. The van der Waals surface area contributed by atoms with Gasteiger partial charge in [-0.25, -0.2) is 0 Å². The van der Waals surface area contributed by atoms with Gasteiger partial charge < -0.3 is 11.1 Å². The highest BCUT2D eigenvalue weighted by Gasteiger charge is 2.30. The van der Waals surface area contributed by atoms with Gasteiger partial charge in [-0.05, 0) is 32.8 Å². The van der Waals surface area contributed by atoms with Gasteiger partial charge in [-0.1, -0.05) is 6.92 Å². The molecule has 1 atom stereocenters. The first kappa shape index (κ1) is 14.7. The van der Waals surface area contributed by atoms with Crippen LogP contribution in [0, 0.1) is 30.6 Å². The predicted octanol–water partition coefficient (Wildman–Crippen LogP) is 2.55. The number of nitrogens with two attached hydrogens (primary N) is 1. The van der Waals surface area contributed by atoms with E-state index in [2.05, 4.69) is 11.4 Å². The lowest BCUT2D eigenvalue weighted by molar-refractivity contribution is -0.124. The SMILES string of the molecule is CCC(C)(CN)C(=O)Nc1sc(C)c(C)c1C#N. The number of carbonyl (C=O) groups excluding carboxylic acids is 1. The molecule has 1 rings (SSSR count). The van der Waals surface area contributed by atoms with Crippen molar-refractivity contribution in [1.82, 2.24) is 0 Å². The normalized spacial score (nSPS) is 13.8. The maximum absolute atomic E-state index is 12.2. The Balaban J connectivity index is 3.03. The van der Waals surface area contributed by atoms with E-state index in [0.29, 0.717) is 23.5 Å². The minimum absolute atomic E-state index is 0.120. The first-order valence-electron chi connectivity index (χ1n) is 5.91. The lowest BCUT2D eigenvalue weighted by Crippen LogP contribution is -2.39. The van der Waals surface area contributed by atoms with Gasteiger partial charge in [0, 0.05) is 11.4 Å². The Kier molecular flexibility index (Phi) is 4.49. The van der Waals surface area contributed by atoms with E-state index in [1.54, 1.807) is 0 Å². The van der Waals surface area contributed by atoms with Gasteiger partial charge in [-0.2, -0.15) is 5.26 Å². The topological polar surface area (TPSA) is 78.9 Å². The number of nitriles is 1. The number of hydrogen-bond donors (Lipinski definition) is 2. The van der Waals surface area contributed by atoms with Crippen molar-refractivity contribution in [1.29, 1.82) is 5.26 Å². The summed E-state index contributed by atoms with van der Waals surface area (Å²) in [5.74, 6) is -0.120. The molecule has 3 N–H and O–H groups in total. The van der Waals surface area contributed by atoms with Crippen molar-refractivity contribution >= 4 is 22.2 Å². The molecular formula is C13H19N3OS. The zero-order chi connectivity index (χ0) is 13.9. The van der Waals surface area contributed by atoms with E-state index in [-0.39, 0.29) is 5.91 Å². The van der Waals surface area contributed by atoms with Gasteiger partial charge in [-0.3, -0.25) is 4.79 Å². The summed E-state index contributed by atoms with van der Waals surface area (Å²) in [6.45, 7) is 7.89. The molecule has 4 nitrogen and oxygen atoms in total.